The van der Waals surface area contributed by atoms with Gasteiger partial charge in [-0.3, -0.25) is 0 Å². The molecule has 1 aliphatic carbocycles. The molecule has 0 saturated carbocycles. The molecule has 71 heavy (non-hydrogen) atoms. The van der Waals surface area contributed by atoms with Crippen molar-refractivity contribution in [2.24, 2.45) is 0 Å². The summed E-state index contributed by atoms with van der Waals surface area (Å²) in [7, 11) is 0. The fourth-order valence-electron chi connectivity index (χ4n) is 13.0. The minimum absolute atomic E-state index is 0. The third-order valence-electron chi connectivity index (χ3n) is 16.6. The molecule has 3 nitrogen and oxygen atoms in total. The van der Waals surface area contributed by atoms with E-state index in [0.29, 0.717) is 0 Å². The Kier molecular flexibility index (Phi) is 9.69. The van der Waals surface area contributed by atoms with Crippen molar-refractivity contribution in [2.45, 2.75) is 119 Å². The van der Waals surface area contributed by atoms with E-state index >= 15 is 0 Å². The van der Waals surface area contributed by atoms with E-state index in [1.165, 1.54) is 133 Å². The van der Waals surface area contributed by atoms with Crippen LogP contribution in [-0.4, -0.2) is 15.8 Å². The van der Waals surface area contributed by atoms with Crippen LogP contribution in [0.2, 0.25) is 0 Å². The van der Waals surface area contributed by atoms with Crippen molar-refractivity contribution in [3.63, 3.8) is 0 Å². The Morgan fingerprint density at radius 1 is 0.549 bits per heavy atom. The van der Waals surface area contributed by atoms with Crippen LogP contribution in [0.5, 0.6) is 0 Å². The van der Waals surface area contributed by atoms with Crippen LogP contribution in [0.15, 0.2) is 121 Å². The molecule has 0 radical (unpaired) electrons. The molecule has 0 saturated heterocycles. The van der Waals surface area contributed by atoms with E-state index in [9.17, 15) is 0 Å². The predicted octanol–water partition coefficient (Wildman–Crippen LogP) is 15.2. The standard InChI is InChI=1S/C66H62BN3.Os/c1-37-22-27-53-45(30-37)46-34-52-57(36-56(46)70(53)61-38(2)18-17-19-39(61)3)68(42-25-26-44-43-20-15-16-21-48(43)66(13,14)49(44)33-42)58-35-50(65(10,11)12)59-47-31-40(63(4,5)6)23-28-54(47)69-55-29-24-41(64(7,8)9)32-51(55)67(52)60(58)62(59)69;/h15-27,30-36H,1-14H3;/q-2;+2. The zero-order valence-electron chi connectivity index (χ0n) is 43.8. The third kappa shape index (κ3) is 6.31. The number of nitrogens with zero attached hydrogens (tertiary/aromatic N) is 3. The number of rotatable bonds is 2. The summed E-state index contributed by atoms with van der Waals surface area (Å²) in [6.45, 7) is 32.7. The molecule has 4 heterocycles. The van der Waals surface area contributed by atoms with Crippen LogP contribution in [0.25, 0.3) is 66.1 Å². The zero-order chi connectivity index (χ0) is 48.9. The summed E-state index contributed by atoms with van der Waals surface area (Å²) in [5.41, 5.74) is 27.6. The molecule has 3 aliphatic rings. The monoisotopic (exact) mass is 1100 g/mol. The summed E-state index contributed by atoms with van der Waals surface area (Å²) in [6.07, 6.45) is 0. The maximum atomic E-state index is 4.01. The number of fused-ring (bicyclic) bond motifs is 14. The van der Waals surface area contributed by atoms with Crippen molar-refractivity contribution in [2.75, 3.05) is 4.90 Å². The van der Waals surface area contributed by atoms with E-state index in [-0.39, 0.29) is 48.2 Å². The molecule has 0 amide bonds. The van der Waals surface area contributed by atoms with E-state index in [1.807, 2.05) is 0 Å². The molecule has 2 aliphatic heterocycles. The first-order valence-corrected chi connectivity index (χ1v) is 25.5. The van der Waals surface area contributed by atoms with E-state index in [1.54, 1.807) is 0 Å². The summed E-state index contributed by atoms with van der Waals surface area (Å²) in [5, 5.41) is 5.17. The van der Waals surface area contributed by atoms with Crippen LogP contribution >= 0.6 is 0 Å². The minimum atomic E-state index is -0.189. The molecular weight excluding hydrogens is 1040 g/mol. The number of aryl methyl sites for hydroxylation is 3. The second-order valence-electron chi connectivity index (χ2n) is 24.7. The van der Waals surface area contributed by atoms with E-state index in [0.717, 1.165) is 11.2 Å². The molecule has 0 atom stereocenters. The van der Waals surface area contributed by atoms with Gasteiger partial charge in [0.1, 0.15) is 0 Å². The van der Waals surface area contributed by atoms with Gasteiger partial charge >= 0.3 is 19.8 Å². The maximum absolute atomic E-state index is 4.01. The van der Waals surface area contributed by atoms with Crippen LogP contribution in [-0.2, 0) is 41.5 Å². The van der Waals surface area contributed by atoms with Crippen LogP contribution < -0.4 is 21.3 Å². The van der Waals surface area contributed by atoms with Gasteiger partial charge in [-0.05, 0) is 112 Å². The molecule has 352 valence electrons. The van der Waals surface area contributed by atoms with Crippen LogP contribution in [0, 0.1) is 32.9 Å². The molecule has 2 aromatic heterocycles. The second-order valence-corrected chi connectivity index (χ2v) is 24.7. The second kappa shape index (κ2) is 15.0. The molecule has 8 aromatic carbocycles. The number of anilines is 3. The van der Waals surface area contributed by atoms with Crippen LogP contribution in [0.4, 0.5) is 17.1 Å². The third-order valence-corrected chi connectivity index (χ3v) is 16.6. The normalized spacial score (nSPS) is 14.6. The number of hydrogen-bond donors (Lipinski definition) is 0. The quantitative estimate of drug-likeness (QED) is 0.124. The van der Waals surface area contributed by atoms with Crippen molar-refractivity contribution in [1.82, 2.24) is 9.13 Å². The van der Waals surface area contributed by atoms with Crippen molar-refractivity contribution in [3.05, 3.63) is 178 Å². The average molecular weight is 1100 g/mol. The van der Waals surface area contributed by atoms with Gasteiger partial charge in [-0.2, -0.15) is 42.0 Å². The molecule has 10 aromatic rings. The Hall–Kier alpha value is -6.14. The van der Waals surface area contributed by atoms with Crippen molar-refractivity contribution >= 4 is 83.8 Å². The molecule has 13 rings (SSSR count). The van der Waals surface area contributed by atoms with E-state index < -0.39 is 0 Å². The SMILES string of the molecule is Cc1ccc2c(c1)c1cc3c(cc1n2-c1c(C)cccc1C)N(c1ccc2c(c1)C(C)(C)c1ccccc1-2)c1cc(C(C)(C)C)c2c4cc(C(C)(C)C)c[c-]c4n4c2c1B3c1cc(C(C)(C)C)c[c-]c1-4.[Os+2]. The fraction of sp³-hybridized carbons (Fsp3) is 0.273. The molecule has 0 unspecified atom stereocenters. The Bertz CT molecular complexity index is 3950. The maximum Gasteiger partial charge on any atom is 2.00 e. The topological polar surface area (TPSA) is 13.1 Å². The van der Waals surface area contributed by atoms with Crippen molar-refractivity contribution in [3.8, 4) is 22.5 Å². The molecule has 0 spiro atoms. The van der Waals surface area contributed by atoms with Crippen LogP contribution in [0.1, 0.15) is 121 Å². The summed E-state index contributed by atoms with van der Waals surface area (Å²) in [6, 6.07) is 55.4. The number of hydrogen-bond acceptors (Lipinski definition) is 1. The summed E-state index contributed by atoms with van der Waals surface area (Å²) < 4.78 is 5.12. The molecular formula is C66H62BN3Os. The van der Waals surface area contributed by atoms with Crippen LogP contribution in [0.3, 0.4) is 0 Å². The predicted molar refractivity (Wildman–Crippen MR) is 300 cm³/mol. The van der Waals surface area contributed by atoms with Gasteiger partial charge in [-0.25, -0.2) is 0 Å². The van der Waals surface area contributed by atoms with Crippen molar-refractivity contribution < 1.29 is 19.8 Å². The van der Waals surface area contributed by atoms with Gasteiger partial charge in [0.2, 0.25) is 0 Å². The van der Waals surface area contributed by atoms with Gasteiger partial charge in [0.05, 0.1) is 16.7 Å². The Morgan fingerprint density at radius 2 is 1.23 bits per heavy atom. The summed E-state index contributed by atoms with van der Waals surface area (Å²) >= 11 is 0. The summed E-state index contributed by atoms with van der Waals surface area (Å²) in [4.78, 5) is 2.67. The van der Waals surface area contributed by atoms with E-state index in [4.69, 9.17) is 0 Å². The largest absolute Gasteiger partial charge is 2.00 e. The van der Waals surface area contributed by atoms with Gasteiger partial charge in [0, 0.05) is 38.8 Å². The smallest absolute Gasteiger partial charge is 0.359 e. The first kappa shape index (κ1) is 46.0. The Balaban J connectivity index is 0.00000517. The number of aromatic nitrogens is 2. The molecule has 0 bridgehead atoms. The number of benzene rings is 8. The minimum Gasteiger partial charge on any atom is -0.359 e. The molecule has 0 N–H and O–H groups in total. The van der Waals surface area contributed by atoms with Gasteiger partial charge in [0.25, 0.3) is 0 Å². The number of para-hydroxylation sites is 1. The molecule has 5 heteroatoms. The Morgan fingerprint density at radius 3 is 1.94 bits per heavy atom. The van der Waals surface area contributed by atoms with E-state index in [2.05, 4.69) is 244 Å². The van der Waals surface area contributed by atoms with Gasteiger partial charge in [-0.15, -0.1) is 16.4 Å². The van der Waals surface area contributed by atoms with Gasteiger partial charge in [0.15, 0.2) is 6.71 Å². The molecule has 0 fully saturated rings. The Labute approximate surface area is 434 Å². The summed E-state index contributed by atoms with van der Waals surface area (Å²) in [5.74, 6) is 0. The average Bonchev–Trinajstić information content (AvgIpc) is 3.88. The fourth-order valence-corrected chi connectivity index (χ4v) is 13.0. The van der Waals surface area contributed by atoms with Crippen molar-refractivity contribution in [1.29, 1.82) is 0 Å². The first-order chi connectivity index (χ1) is 33.1. The van der Waals surface area contributed by atoms with Gasteiger partial charge in [-0.1, -0.05) is 170 Å². The zero-order valence-corrected chi connectivity index (χ0v) is 46.4. The first-order valence-electron chi connectivity index (χ1n) is 25.5. The van der Waals surface area contributed by atoms with Gasteiger partial charge < -0.3 is 14.0 Å².